The first-order valence-corrected chi connectivity index (χ1v) is 7.40. The van der Waals surface area contributed by atoms with E-state index in [4.69, 9.17) is 0 Å². The van der Waals surface area contributed by atoms with Gasteiger partial charge in [-0.15, -0.1) is 0 Å². The van der Waals surface area contributed by atoms with Gasteiger partial charge in [0.15, 0.2) is 0 Å². The van der Waals surface area contributed by atoms with Crippen LogP contribution in [0.4, 0.5) is 5.82 Å². The quantitative estimate of drug-likeness (QED) is 0.923. The molecule has 0 aliphatic rings. The largest absolute Gasteiger partial charge is 0.350 e. The van der Waals surface area contributed by atoms with Gasteiger partial charge >= 0.3 is 5.69 Å². The Balaban J connectivity index is 2.20. The van der Waals surface area contributed by atoms with Gasteiger partial charge in [0.05, 0.1) is 0 Å². The maximum atomic E-state index is 12.2. The lowest BCUT2D eigenvalue weighted by Gasteiger charge is -2.26. The molecule has 22 heavy (non-hydrogen) atoms. The summed E-state index contributed by atoms with van der Waals surface area (Å²) in [5.74, 6) is -0.0135. The minimum atomic E-state index is -0.357. The molecule has 1 heterocycles. The van der Waals surface area contributed by atoms with Crippen molar-refractivity contribution in [2.75, 3.05) is 5.32 Å². The maximum absolute atomic E-state index is 12.2. The number of amides is 1. The third-order valence-corrected chi connectivity index (χ3v) is 3.60. The van der Waals surface area contributed by atoms with Crippen LogP contribution in [0.5, 0.6) is 0 Å². The number of rotatable bonds is 5. The maximum Gasteiger partial charge on any atom is 0.350 e. The number of aromatic nitrogens is 2. The van der Waals surface area contributed by atoms with E-state index in [0.717, 1.165) is 12.8 Å². The van der Waals surface area contributed by atoms with E-state index in [0.29, 0.717) is 5.56 Å². The second-order valence-electron chi connectivity index (χ2n) is 5.85. The number of nitrogens with one attached hydrogen (secondary N) is 1. The lowest BCUT2D eigenvalue weighted by atomic mass is 9.99. The van der Waals surface area contributed by atoms with Gasteiger partial charge in [-0.2, -0.15) is 4.98 Å². The van der Waals surface area contributed by atoms with Gasteiger partial charge in [-0.3, -0.25) is 9.36 Å². The molecule has 5 nitrogen and oxygen atoms in total. The molecular formula is C17H21N3O2. The molecule has 116 valence electrons. The lowest BCUT2D eigenvalue weighted by molar-refractivity contribution is 0.102. The highest BCUT2D eigenvalue weighted by molar-refractivity contribution is 6.03. The van der Waals surface area contributed by atoms with E-state index in [1.807, 2.05) is 19.9 Å². The molecule has 0 radical (unpaired) electrons. The van der Waals surface area contributed by atoms with Crippen molar-refractivity contribution in [1.82, 2.24) is 9.55 Å². The topological polar surface area (TPSA) is 64.0 Å². The predicted molar refractivity (Wildman–Crippen MR) is 87.1 cm³/mol. The summed E-state index contributed by atoms with van der Waals surface area (Å²) in [6.07, 6.45) is 3.54. The minimum absolute atomic E-state index is 0.266. The molecular weight excluding hydrogens is 278 g/mol. The zero-order valence-corrected chi connectivity index (χ0v) is 13.2. The number of carbonyl (C=O) groups is 1. The van der Waals surface area contributed by atoms with Crippen LogP contribution in [0, 0.1) is 0 Å². The Kier molecular flexibility index (Phi) is 4.75. The molecule has 1 N–H and O–H groups in total. The summed E-state index contributed by atoms with van der Waals surface area (Å²) in [6.45, 7) is 6.08. The van der Waals surface area contributed by atoms with E-state index < -0.39 is 0 Å². The standard InChI is InChI=1S/C17H21N3O2/c1-4-11-17(2,3)20-12-10-14(19-16(20)22)18-15(21)13-8-6-5-7-9-13/h5-10,12H,4,11H2,1-3H3,(H,18,19,21,22). The molecule has 1 amide bonds. The van der Waals surface area contributed by atoms with Gasteiger partial charge in [0.25, 0.3) is 5.91 Å². The summed E-state index contributed by atoms with van der Waals surface area (Å²) >= 11 is 0. The van der Waals surface area contributed by atoms with Crippen LogP contribution >= 0.6 is 0 Å². The predicted octanol–water partition coefficient (Wildman–Crippen LogP) is 3.03. The number of hydrogen-bond donors (Lipinski definition) is 1. The molecule has 1 aromatic heterocycles. The molecule has 2 rings (SSSR count). The van der Waals surface area contributed by atoms with Gasteiger partial charge in [-0.05, 0) is 38.5 Å². The van der Waals surface area contributed by atoms with Crippen LogP contribution in [0.15, 0.2) is 47.4 Å². The Morgan fingerprint density at radius 3 is 2.50 bits per heavy atom. The molecule has 0 bridgehead atoms. The molecule has 2 aromatic rings. The third kappa shape index (κ3) is 3.61. The number of nitrogens with zero attached hydrogens (tertiary/aromatic N) is 2. The number of benzene rings is 1. The van der Waals surface area contributed by atoms with Gasteiger partial charge in [0.1, 0.15) is 5.82 Å². The molecule has 0 aliphatic heterocycles. The van der Waals surface area contributed by atoms with Crippen molar-refractivity contribution >= 4 is 11.7 Å². The summed E-state index contributed by atoms with van der Waals surface area (Å²) in [5, 5.41) is 2.65. The Morgan fingerprint density at radius 2 is 1.91 bits per heavy atom. The van der Waals surface area contributed by atoms with Gasteiger partial charge < -0.3 is 5.32 Å². The molecule has 5 heteroatoms. The van der Waals surface area contributed by atoms with Crippen molar-refractivity contribution in [2.45, 2.75) is 39.2 Å². The molecule has 0 aliphatic carbocycles. The zero-order valence-electron chi connectivity index (χ0n) is 13.2. The second kappa shape index (κ2) is 6.56. The fourth-order valence-electron chi connectivity index (χ4n) is 2.44. The number of carbonyl (C=O) groups excluding carboxylic acids is 1. The Labute approximate surface area is 130 Å². The van der Waals surface area contributed by atoms with Gasteiger partial charge in [0, 0.05) is 17.3 Å². The molecule has 1 aromatic carbocycles. The Bertz CT molecular complexity index is 705. The van der Waals surface area contributed by atoms with Crippen LogP contribution in [0.2, 0.25) is 0 Å². The highest BCUT2D eigenvalue weighted by atomic mass is 16.2. The van der Waals surface area contributed by atoms with E-state index in [1.165, 1.54) is 0 Å². The normalized spacial score (nSPS) is 11.2. The van der Waals surface area contributed by atoms with E-state index in [1.54, 1.807) is 41.1 Å². The second-order valence-corrected chi connectivity index (χ2v) is 5.85. The summed E-state index contributed by atoms with van der Waals surface area (Å²) in [5.41, 5.74) is -0.120. The minimum Gasteiger partial charge on any atom is -0.306 e. The van der Waals surface area contributed by atoms with Gasteiger partial charge in [-0.25, -0.2) is 4.79 Å². The van der Waals surface area contributed by atoms with Crippen molar-refractivity contribution in [1.29, 1.82) is 0 Å². The van der Waals surface area contributed by atoms with Crippen LogP contribution in [0.3, 0.4) is 0 Å². The zero-order chi connectivity index (χ0) is 16.2. The SMILES string of the molecule is CCCC(C)(C)n1ccc(NC(=O)c2ccccc2)nc1=O. The van der Waals surface area contributed by atoms with Gasteiger partial charge in [0.2, 0.25) is 0 Å². The third-order valence-electron chi connectivity index (χ3n) is 3.60. The summed E-state index contributed by atoms with van der Waals surface area (Å²) < 4.78 is 1.61. The van der Waals surface area contributed by atoms with Crippen LogP contribution in [-0.2, 0) is 5.54 Å². The van der Waals surface area contributed by atoms with Crippen molar-refractivity contribution in [2.24, 2.45) is 0 Å². The Hall–Kier alpha value is -2.43. The van der Waals surface area contributed by atoms with Crippen LogP contribution in [-0.4, -0.2) is 15.5 Å². The smallest absolute Gasteiger partial charge is 0.306 e. The fourth-order valence-corrected chi connectivity index (χ4v) is 2.44. The van der Waals surface area contributed by atoms with Crippen molar-refractivity contribution in [3.63, 3.8) is 0 Å². The molecule has 0 unspecified atom stereocenters. The van der Waals surface area contributed by atoms with Crippen molar-refractivity contribution in [3.8, 4) is 0 Å². The van der Waals surface area contributed by atoms with Crippen LogP contribution in [0.1, 0.15) is 44.0 Å². The van der Waals surface area contributed by atoms with Crippen molar-refractivity contribution in [3.05, 3.63) is 58.6 Å². The highest BCUT2D eigenvalue weighted by Crippen LogP contribution is 2.19. The van der Waals surface area contributed by atoms with Gasteiger partial charge in [-0.1, -0.05) is 31.5 Å². The molecule has 0 saturated heterocycles. The Morgan fingerprint density at radius 1 is 1.23 bits per heavy atom. The van der Waals surface area contributed by atoms with E-state index in [9.17, 15) is 9.59 Å². The monoisotopic (exact) mass is 299 g/mol. The lowest BCUT2D eigenvalue weighted by Crippen LogP contribution is -2.37. The summed E-state index contributed by atoms with van der Waals surface area (Å²) in [7, 11) is 0. The fraction of sp³-hybridized carbons (Fsp3) is 0.353. The van der Waals surface area contributed by atoms with E-state index in [-0.39, 0.29) is 23.0 Å². The van der Waals surface area contributed by atoms with Crippen molar-refractivity contribution < 1.29 is 4.79 Å². The van der Waals surface area contributed by atoms with E-state index in [2.05, 4.69) is 17.2 Å². The summed E-state index contributed by atoms with van der Waals surface area (Å²) in [6, 6.07) is 10.5. The molecule has 0 saturated carbocycles. The summed E-state index contributed by atoms with van der Waals surface area (Å²) in [4.78, 5) is 28.2. The average Bonchev–Trinajstić information content (AvgIpc) is 2.47. The molecule has 0 spiro atoms. The number of anilines is 1. The first-order chi connectivity index (χ1) is 10.4. The highest BCUT2D eigenvalue weighted by Gasteiger charge is 2.20. The molecule has 0 fully saturated rings. The average molecular weight is 299 g/mol. The van der Waals surface area contributed by atoms with E-state index >= 15 is 0 Å². The van der Waals surface area contributed by atoms with Crippen LogP contribution in [0.25, 0.3) is 0 Å². The first kappa shape index (κ1) is 15.9. The molecule has 0 atom stereocenters. The van der Waals surface area contributed by atoms with Crippen LogP contribution < -0.4 is 11.0 Å². The number of hydrogen-bond acceptors (Lipinski definition) is 3. The first-order valence-electron chi connectivity index (χ1n) is 7.40.